The molecule has 1 aromatic heterocycles. The van der Waals surface area contributed by atoms with Gasteiger partial charge in [-0.25, -0.2) is 4.98 Å². The molecular formula is C25H28N4O2S. The number of nitrogens with one attached hydrogen (secondary N) is 1. The van der Waals surface area contributed by atoms with Gasteiger partial charge in [0, 0.05) is 61.7 Å². The number of hydrogen-bond acceptors (Lipinski definition) is 5. The average Bonchev–Trinajstić information content (AvgIpc) is 3.29. The fourth-order valence-corrected chi connectivity index (χ4v) is 4.63. The fourth-order valence-electron chi connectivity index (χ4n) is 3.82. The topological polar surface area (TPSA) is 65.5 Å². The number of carbonyl (C=O) groups is 2. The highest BCUT2D eigenvalue weighted by atomic mass is 32.1. The van der Waals surface area contributed by atoms with Crippen LogP contribution in [0.4, 0.5) is 0 Å². The number of thiazole rings is 1. The zero-order valence-electron chi connectivity index (χ0n) is 18.2. The Morgan fingerprint density at radius 2 is 1.66 bits per heavy atom. The maximum absolute atomic E-state index is 12.7. The molecule has 2 heterocycles. The molecule has 4 rings (SSSR count). The van der Waals surface area contributed by atoms with Crippen LogP contribution in [0.5, 0.6) is 0 Å². The number of benzene rings is 2. The summed E-state index contributed by atoms with van der Waals surface area (Å²) in [5.74, 6) is -0.0561. The molecule has 1 aliphatic heterocycles. The Bertz CT molecular complexity index is 1030. The van der Waals surface area contributed by atoms with Gasteiger partial charge >= 0.3 is 0 Å². The van der Waals surface area contributed by atoms with Gasteiger partial charge in [0.15, 0.2) is 0 Å². The highest BCUT2D eigenvalue weighted by Crippen LogP contribution is 2.24. The molecular weight excluding hydrogens is 420 g/mol. The third kappa shape index (κ3) is 5.81. The monoisotopic (exact) mass is 448 g/mol. The van der Waals surface area contributed by atoms with Crippen LogP contribution >= 0.6 is 11.3 Å². The Labute approximate surface area is 192 Å². The minimum Gasteiger partial charge on any atom is -0.349 e. The second kappa shape index (κ2) is 10.5. The summed E-state index contributed by atoms with van der Waals surface area (Å²) in [6, 6.07) is 19.1. The molecule has 1 aliphatic rings. The zero-order valence-corrected chi connectivity index (χ0v) is 19.1. The smallest absolute Gasteiger partial charge is 0.251 e. The molecule has 3 aromatic rings. The summed E-state index contributed by atoms with van der Waals surface area (Å²) >= 11 is 1.67. The van der Waals surface area contributed by atoms with Crippen molar-refractivity contribution in [3.05, 3.63) is 77.3 Å². The van der Waals surface area contributed by atoms with Crippen LogP contribution in [0.3, 0.4) is 0 Å². The number of amides is 2. The minimum atomic E-state index is -0.209. The van der Waals surface area contributed by atoms with Crippen LogP contribution in [0, 0.1) is 0 Å². The van der Waals surface area contributed by atoms with Crippen LogP contribution in [0.2, 0.25) is 0 Å². The van der Waals surface area contributed by atoms with E-state index in [1.165, 1.54) is 0 Å². The van der Waals surface area contributed by atoms with E-state index in [9.17, 15) is 9.59 Å². The number of carbonyl (C=O) groups excluding carboxylic acids is 2. The lowest BCUT2D eigenvalue weighted by molar-refractivity contribution is -0.133. The van der Waals surface area contributed by atoms with Crippen LogP contribution in [0.15, 0.2) is 66.0 Å². The Balaban J connectivity index is 1.22. The standard InChI is InChI=1S/C25H28N4O2S/c1-19(26-24(31)20-8-4-2-5-9-20)16-23(30)29-14-12-28(13-15-29)17-22-18-32-25(27-22)21-10-6-3-7-11-21/h2-11,18-19H,12-17H2,1H3,(H,26,31). The van der Waals surface area contributed by atoms with Crippen molar-refractivity contribution in [2.75, 3.05) is 26.2 Å². The highest BCUT2D eigenvalue weighted by molar-refractivity contribution is 7.13. The van der Waals surface area contributed by atoms with E-state index in [0.29, 0.717) is 25.1 Å². The van der Waals surface area contributed by atoms with E-state index >= 15 is 0 Å². The van der Waals surface area contributed by atoms with E-state index in [1.807, 2.05) is 48.2 Å². The van der Waals surface area contributed by atoms with Gasteiger partial charge < -0.3 is 10.2 Å². The molecule has 1 N–H and O–H groups in total. The summed E-state index contributed by atoms with van der Waals surface area (Å²) in [6.07, 6.45) is 0.311. The summed E-state index contributed by atoms with van der Waals surface area (Å²) in [5.41, 5.74) is 2.83. The van der Waals surface area contributed by atoms with Gasteiger partial charge in [0.1, 0.15) is 5.01 Å². The van der Waals surface area contributed by atoms with Gasteiger partial charge in [0.2, 0.25) is 5.91 Å². The molecule has 7 heteroatoms. The summed E-state index contributed by atoms with van der Waals surface area (Å²) in [6.45, 7) is 5.74. The summed E-state index contributed by atoms with van der Waals surface area (Å²) < 4.78 is 0. The Kier molecular flexibility index (Phi) is 7.29. The minimum absolute atomic E-state index is 0.0885. The van der Waals surface area contributed by atoms with Gasteiger partial charge in [-0.2, -0.15) is 0 Å². The highest BCUT2D eigenvalue weighted by Gasteiger charge is 2.23. The largest absolute Gasteiger partial charge is 0.349 e. The van der Waals surface area contributed by atoms with Crippen molar-refractivity contribution in [3.63, 3.8) is 0 Å². The number of hydrogen-bond donors (Lipinski definition) is 1. The molecule has 0 bridgehead atoms. The molecule has 1 saturated heterocycles. The normalized spacial score (nSPS) is 15.3. The van der Waals surface area contributed by atoms with Crippen molar-refractivity contribution < 1.29 is 9.59 Å². The molecule has 0 saturated carbocycles. The first-order chi connectivity index (χ1) is 15.6. The fraction of sp³-hybridized carbons (Fsp3) is 0.320. The van der Waals surface area contributed by atoms with Gasteiger partial charge in [-0.05, 0) is 19.1 Å². The number of piperazine rings is 1. The van der Waals surface area contributed by atoms with E-state index in [4.69, 9.17) is 4.98 Å². The zero-order chi connectivity index (χ0) is 22.3. The molecule has 2 amide bonds. The Hall–Kier alpha value is -3.03. The van der Waals surface area contributed by atoms with Crippen LogP contribution in [0.25, 0.3) is 10.6 Å². The number of aromatic nitrogens is 1. The van der Waals surface area contributed by atoms with Crippen molar-refractivity contribution in [2.24, 2.45) is 0 Å². The Morgan fingerprint density at radius 3 is 2.34 bits per heavy atom. The van der Waals surface area contributed by atoms with Crippen molar-refractivity contribution in [3.8, 4) is 10.6 Å². The number of nitrogens with zero attached hydrogens (tertiary/aromatic N) is 3. The van der Waals surface area contributed by atoms with E-state index in [-0.39, 0.29) is 17.9 Å². The lowest BCUT2D eigenvalue weighted by Gasteiger charge is -2.35. The van der Waals surface area contributed by atoms with E-state index in [1.54, 1.807) is 23.5 Å². The molecule has 1 unspecified atom stereocenters. The molecule has 32 heavy (non-hydrogen) atoms. The molecule has 166 valence electrons. The van der Waals surface area contributed by atoms with Crippen LogP contribution in [-0.4, -0.2) is 58.8 Å². The Morgan fingerprint density at radius 1 is 1.00 bits per heavy atom. The second-order valence-corrected chi connectivity index (χ2v) is 8.97. The third-order valence-corrected chi connectivity index (χ3v) is 6.52. The van der Waals surface area contributed by atoms with Gasteiger partial charge in [-0.3, -0.25) is 14.5 Å². The predicted molar refractivity (Wildman–Crippen MR) is 127 cm³/mol. The molecule has 0 aliphatic carbocycles. The third-order valence-electron chi connectivity index (χ3n) is 5.58. The molecule has 0 spiro atoms. The average molecular weight is 449 g/mol. The van der Waals surface area contributed by atoms with Gasteiger partial charge in [0.05, 0.1) is 5.69 Å². The van der Waals surface area contributed by atoms with Crippen molar-refractivity contribution in [1.82, 2.24) is 20.1 Å². The quantitative estimate of drug-likeness (QED) is 0.599. The van der Waals surface area contributed by atoms with Crippen molar-refractivity contribution in [2.45, 2.75) is 25.9 Å². The lowest BCUT2D eigenvalue weighted by atomic mass is 10.1. The van der Waals surface area contributed by atoms with Crippen molar-refractivity contribution >= 4 is 23.2 Å². The van der Waals surface area contributed by atoms with Crippen LogP contribution in [-0.2, 0) is 11.3 Å². The SMILES string of the molecule is CC(CC(=O)N1CCN(Cc2csc(-c3ccccc3)n2)CC1)NC(=O)c1ccccc1. The first-order valence-electron chi connectivity index (χ1n) is 10.9. The van der Waals surface area contributed by atoms with E-state index in [2.05, 4.69) is 27.7 Å². The second-order valence-electron chi connectivity index (χ2n) is 8.11. The maximum Gasteiger partial charge on any atom is 0.251 e. The first kappa shape index (κ1) is 22.2. The van der Waals surface area contributed by atoms with Gasteiger partial charge in [-0.15, -0.1) is 11.3 Å². The van der Waals surface area contributed by atoms with Crippen LogP contribution in [0.1, 0.15) is 29.4 Å². The predicted octanol–water partition coefficient (Wildman–Crippen LogP) is 3.66. The molecule has 6 nitrogen and oxygen atoms in total. The van der Waals surface area contributed by atoms with Crippen molar-refractivity contribution in [1.29, 1.82) is 0 Å². The van der Waals surface area contributed by atoms with Gasteiger partial charge in [-0.1, -0.05) is 48.5 Å². The summed E-state index contributed by atoms with van der Waals surface area (Å²) in [4.78, 5) is 34.0. The number of rotatable bonds is 7. The molecule has 1 atom stereocenters. The first-order valence-corrected chi connectivity index (χ1v) is 11.8. The van der Waals surface area contributed by atoms with Crippen LogP contribution < -0.4 is 5.32 Å². The molecule has 0 radical (unpaired) electrons. The molecule has 2 aromatic carbocycles. The maximum atomic E-state index is 12.7. The van der Waals surface area contributed by atoms with Gasteiger partial charge in [0.25, 0.3) is 5.91 Å². The summed E-state index contributed by atoms with van der Waals surface area (Å²) in [7, 11) is 0. The lowest BCUT2D eigenvalue weighted by Crippen LogP contribution is -2.49. The summed E-state index contributed by atoms with van der Waals surface area (Å²) in [5, 5.41) is 6.08. The van der Waals surface area contributed by atoms with E-state index < -0.39 is 0 Å². The van der Waals surface area contributed by atoms with E-state index in [0.717, 1.165) is 35.9 Å². The molecule has 1 fully saturated rings.